The van der Waals surface area contributed by atoms with Gasteiger partial charge >= 0.3 is 12.1 Å². The molecule has 1 saturated carbocycles. The zero-order valence-electron chi connectivity index (χ0n) is 14.0. The Morgan fingerprint density at radius 3 is 2.16 bits per heavy atom. The van der Waals surface area contributed by atoms with Crippen LogP contribution in [0.1, 0.15) is 37.3 Å². The van der Waals surface area contributed by atoms with Crippen molar-refractivity contribution in [1.29, 1.82) is 0 Å². The Hall–Kier alpha value is -2.09. The molecular weight excluding hydrogens is 337 g/mol. The molecule has 1 aliphatic carbocycles. The van der Waals surface area contributed by atoms with Gasteiger partial charge in [0.1, 0.15) is 0 Å². The molecule has 1 aliphatic rings. The van der Waals surface area contributed by atoms with Gasteiger partial charge < -0.3 is 15.8 Å². The van der Waals surface area contributed by atoms with E-state index in [1.807, 2.05) is 0 Å². The normalized spacial score (nSPS) is 22.5. The lowest BCUT2D eigenvalue weighted by Crippen LogP contribution is -2.51. The van der Waals surface area contributed by atoms with Crippen molar-refractivity contribution < 1.29 is 27.5 Å². The van der Waals surface area contributed by atoms with Crippen molar-refractivity contribution in [2.24, 2.45) is 11.7 Å². The molecule has 8 heteroatoms. The van der Waals surface area contributed by atoms with Gasteiger partial charge in [-0.25, -0.2) is 4.79 Å². The first-order valence-electron chi connectivity index (χ1n) is 7.89. The van der Waals surface area contributed by atoms with Gasteiger partial charge in [-0.05, 0) is 43.4 Å². The summed E-state index contributed by atoms with van der Waals surface area (Å²) in [5.74, 6) is -0.972. The molecule has 25 heavy (non-hydrogen) atoms. The summed E-state index contributed by atoms with van der Waals surface area (Å²) < 4.78 is 42.8. The van der Waals surface area contributed by atoms with E-state index in [4.69, 9.17) is 10.5 Å². The highest BCUT2D eigenvalue weighted by Gasteiger charge is 2.40. The highest BCUT2D eigenvalue weighted by molar-refractivity contribution is 5.89. The second kappa shape index (κ2) is 7.03. The van der Waals surface area contributed by atoms with Crippen molar-refractivity contribution in [2.75, 3.05) is 7.11 Å². The van der Waals surface area contributed by atoms with Crippen LogP contribution in [0.2, 0.25) is 0 Å². The van der Waals surface area contributed by atoms with E-state index in [1.165, 1.54) is 19.1 Å². The summed E-state index contributed by atoms with van der Waals surface area (Å²) in [6, 6.07) is 4.17. The Labute approximate surface area is 143 Å². The van der Waals surface area contributed by atoms with Crippen LogP contribution in [0.25, 0.3) is 0 Å². The van der Waals surface area contributed by atoms with Gasteiger partial charge in [0.2, 0.25) is 5.91 Å². The molecule has 1 atom stereocenters. The smallest absolute Gasteiger partial charge is 0.416 e. The molecule has 1 aromatic rings. The van der Waals surface area contributed by atoms with E-state index in [0.717, 1.165) is 32.1 Å². The second-order valence-corrected chi connectivity index (χ2v) is 6.54. The van der Waals surface area contributed by atoms with Crippen LogP contribution in [0.5, 0.6) is 0 Å². The average molecular weight is 358 g/mol. The van der Waals surface area contributed by atoms with Gasteiger partial charge in [0.25, 0.3) is 0 Å². The quantitative estimate of drug-likeness (QED) is 0.792. The van der Waals surface area contributed by atoms with Crippen LogP contribution in [0.15, 0.2) is 24.3 Å². The van der Waals surface area contributed by atoms with Gasteiger partial charge in [0, 0.05) is 12.5 Å². The summed E-state index contributed by atoms with van der Waals surface area (Å²) in [5, 5.41) is 2.60. The number of nitrogens with one attached hydrogen (secondary N) is 1. The summed E-state index contributed by atoms with van der Waals surface area (Å²) >= 11 is 0. The summed E-state index contributed by atoms with van der Waals surface area (Å²) in [7, 11) is 1.15. The number of carbonyl (C=O) groups excluding carboxylic acids is 2. The zero-order valence-corrected chi connectivity index (χ0v) is 14.0. The zero-order chi connectivity index (χ0) is 18.8. The molecule has 1 amide bonds. The molecule has 0 spiro atoms. The molecule has 2 rings (SSSR count). The minimum Gasteiger partial charge on any atom is -0.467 e. The Balaban J connectivity index is 2.19. The minimum atomic E-state index is -4.48. The molecule has 0 radical (unpaired) electrons. The predicted octanol–water partition coefficient (Wildman–Crippen LogP) is 2.34. The van der Waals surface area contributed by atoms with Crippen LogP contribution < -0.4 is 11.1 Å². The SMILES string of the molecule is COC(=O)C(C)(NC(=O)CC1CC(N)C1)c1ccc(C(F)(F)F)cc1. The first-order valence-corrected chi connectivity index (χ1v) is 7.89. The van der Waals surface area contributed by atoms with Crippen molar-refractivity contribution in [2.45, 2.75) is 43.9 Å². The Morgan fingerprint density at radius 2 is 1.72 bits per heavy atom. The fourth-order valence-corrected chi connectivity index (χ4v) is 2.98. The van der Waals surface area contributed by atoms with Gasteiger partial charge in [-0.15, -0.1) is 0 Å². The van der Waals surface area contributed by atoms with Crippen LogP contribution in [-0.2, 0) is 26.0 Å². The van der Waals surface area contributed by atoms with Gasteiger partial charge in [0.05, 0.1) is 12.7 Å². The number of nitrogens with two attached hydrogens (primary N) is 1. The third kappa shape index (κ3) is 4.31. The molecule has 1 unspecified atom stereocenters. The number of halogens is 3. The number of hydrogen-bond acceptors (Lipinski definition) is 4. The number of hydrogen-bond donors (Lipinski definition) is 2. The summed E-state index contributed by atoms with van der Waals surface area (Å²) in [5.41, 5.74) is 3.50. The van der Waals surface area contributed by atoms with Crippen LogP contribution >= 0.6 is 0 Å². The first-order chi connectivity index (χ1) is 11.6. The van der Waals surface area contributed by atoms with Gasteiger partial charge in [-0.1, -0.05) is 12.1 Å². The topological polar surface area (TPSA) is 81.4 Å². The van der Waals surface area contributed by atoms with Crippen LogP contribution in [0, 0.1) is 5.92 Å². The van der Waals surface area contributed by atoms with Crippen molar-refractivity contribution in [3.8, 4) is 0 Å². The Bertz CT molecular complexity index is 640. The molecule has 1 aromatic carbocycles. The van der Waals surface area contributed by atoms with E-state index in [0.29, 0.717) is 0 Å². The van der Waals surface area contributed by atoms with Crippen molar-refractivity contribution in [1.82, 2.24) is 5.32 Å². The highest BCUT2D eigenvalue weighted by Crippen LogP contribution is 2.32. The number of alkyl halides is 3. The Kier molecular flexibility index (Phi) is 5.41. The maximum Gasteiger partial charge on any atom is 0.416 e. The monoisotopic (exact) mass is 358 g/mol. The minimum absolute atomic E-state index is 0.0969. The lowest BCUT2D eigenvalue weighted by atomic mass is 9.78. The number of methoxy groups -OCH3 is 1. The predicted molar refractivity (Wildman–Crippen MR) is 84.3 cm³/mol. The van der Waals surface area contributed by atoms with Crippen molar-refractivity contribution in [3.63, 3.8) is 0 Å². The van der Waals surface area contributed by atoms with Gasteiger partial charge in [-0.3, -0.25) is 4.79 Å². The lowest BCUT2D eigenvalue weighted by Gasteiger charge is -2.34. The molecule has 0 bridgehead atoms. The number of esters is 1. The number of carbonyl (C=O) groups is 2. The van der Waals surface area contributed by atoms with Crippen LogP contribution in [0.4, 0.5) is 13.2 Å². The Morgan fingerprint density at radius 1 is 1.20 bits per heavy atom. The highest BCUT2D eigenvalue weighted by atomic mass is 19.4. The van der Waals surface area contributed by atoms with E-state index in [-0.39, 0.29) is 29.9 Å². The third-order valence-electron chi connectivity index (χ3n) is 4.52. The molecule has 3 N–H and O–H groups in total. The van der Waals surface area contributed by atoms with E-state index >= 15 is 0 Å². The molecule has 1 fully saturated rings. The van der Waals surface area contributed by atoms with Gasteiger partial charge in [-0.2, -0.15) is 13.2 Å². The fraction of sp³-hybridized carbons (Fsp3) is 0.529. The number of ether oxygens (including phenoxy) is 1. The van der Waals surface area contributed by atoms with Crippen LogP contribution in [-0.4, -0.2) is 25.0 Å². The van der Waals surface area contributed by atoms with Crippen molar-refractivity contribution in [3.05, 3.63) is 35.4 Å². The molecular formula is C17H21F3N2O3. The van der Waals surface area contributed by atoms with E-state index in [1.54, 1.807) is 0 Å². The summed E-state index contributed by atoms with van der Waals surface area (Å²) in [6.45, 7) is 1.41. The van der Waals surface area contributed by atoms with Gasteiger partial charge in [0.15, 0.2) is 5.54 Å². The summed E-state index contributed by atoms with van der Waals surface area (Å²) in [6.07, 6.45) is -2.79. The maximum atomic E-state index is 12.7. The van der Waals surface area contributed by atoms with Crippen LogP contribution in [0.3, 0.4) is 0 Å². The van der Waals surface area contributed by atoms with E-state index in [2.05, 4.69) is 5.32 Å². The second-order valence-electron chi connectivity index (χ2n) is 6.54. The number of rotatable bonds is 5. The number of amides is 1. The molecule has 5 nitrogen and oxygen atoms in total. The molecule has 138 valence electrons. The maximum absolute atomic E-state index is 12.7. The largest absolute Gasteiger partial charge is 0.467 e. The first kappa shape index (κ1) is 19.2. The van der Waals surface area contributed by atoms with Crippen molar-refractivity contribution >= 4 is 11.9 Å². The molecule has 0 aromatic heterocycles. The molecule has 0 heterocycles. The van der Waals surface area contributed by atoms with E-state index < -0.39 is 23.2 Å². The third-order valence-corrected chi connectivity index (χ3v) is 4.52. The summed E-state index contributed by atoms with van der Waals surface area (Å²) in [4.78, 5) is 24.4. The molecule has 0 aliphatic heterocycles. The fourth-order valence-electron chi connectivity index (χ4n) is 2.98. The lowest BCUT2D eigenvalue weighted by molar-refractivity contribution is -0.151. The number of benzene rings is 1. The molecule has 0 saturated heterocycles. The average Bonchev–Trinajstić information content (AvgIpc) is 2.51. The van der Waals surface area contributed by atoms with E-state index in [9.17, 15) is 22.8 Å². The standard InChI is InChI=1S/C17H21F3N2O3/c1-16(15(24)25-2,22-14(23)9-10-7-13(21)8-10)11-3-5-12(6-4-11)17(18,19)20/h3-6,10,13H,7-9,21H2,1-2H3,(H,22,23).